The Labute approximate surface area is 163 Å². The van der Waals surface area contributed by atoms with Gasteiger partial charge in [-0.2, -0.15) is 4.98 Å². The van der Waals surface area contributed by atoms with Crippen molar-refractivity contribution in [3.8, 4) is 0 Å². The normalized spacial score (nSPS) is 24.5. The Morgan fingerprint density at radius 3 is 2.82 bits per heavy atom. The van der Waals surface area contributed by atoms with Crippen LogP contribution in [0.25, 0.3) is 11.0 Å². The van der Waals surface area contributed by atoms with Crippen LogP contribution in [0.5, 0.6) is 0 Å². The number of benzene rings is 1. The van der Waals surface area contributed by atoms with E-state index in [0.29, 0.717) is 10.9 Å². The highest BCUT2D eigenvalue weighted by Crippen LogP contribution is 2.35. The lowest BCUT2D eigenvalue weighted by Crippen LogP contribution is -2.32. The molecular formula is C18H16ClFN4O4. The van der Waals surface area contributed by atoms with Crippen LogP contribution in [-0.4, -0.2) is 50.6 Å². The number of nitrogen functional groups attached to an aromatic ring is 1. The molecule has 0 aliphatic carbocycles. The molecular weight excluding hydrogens is 391 g/mol. The Hall–Kier alpha value is -2.75. The van der Waals surface area contributed by atoms with Crippen molar-refractivity contribution in [1.29, 1.82) is 0 Å². The minimum Gasteiger partial charge on any atom is -0.459 e. The van der Waals surface area contributed by atoms with Crippen LogP contribution >= 0.6 is 11.6 Å². The van der Waals surface area contributed by atoms with E-state index in [1.807, 2.05) is 0 Å². The summed E-state index contributed by atoms with van der Waals surface area (Å²) in [5.41, 5.74) is 6.43. The van der Waals surface area contributed by atoms with E-state index in [9.17, 15) is 14.3 Å². The van der Waals surface area contributed by atoms with Crippen LogP contribution in [0.4, 0.5) is 10.2 Å². The van der Waals surface area contributed by atoms with Crippen molar-refractivity contribution in [3.63, 3.8) is 0 Å². The second-order valence-corrected chi connectivity index (χ2v) is 6.64. The lowest BCUT2D eigenvalue weighted by atomic mass is 10.1. The Kier molecular flexibility index (Phi) is 4.88. The Balaban J connectivity index is 1.51. The van der Waals surface area contributed by atoms with Gasteiger partial charge in [-0.1, -0.05) is 18.2 Å². The highest BCUT2D eigenvalue weighted by Gasteiger charge is 2.46. The van der Waals surface area contributed by atoms with Gasteiger partial charge in [-0.15, -0.1) is 0 Å². The second-order valence-electron chi connectivity index (χ2n) is 6.30. The number of aliphatic hydroxyl groups is 1. The quantitative estimate of drug-likeness (QED) is 0.504. The number of hydrogen-bond acceptors (Lipinski definition) is 7. The van der Waals surface area contributed by atoms with Gasteiger partial charge < -0.3 is 24.9 Å². The smallest absolute Gasteiger partial charge is 0.338 e. The molecule has 0 amide bonds. The van der Waals surface area contributed by atoms with Gasteiger partial charge in [0.25, 0.3) is 0 Å². The van der Waals surface area contributed by atoms with Gasteiger partial charge >= 0.3 is 5.97 Å². The molecule has 4 atom stereocenters. The molecule has 2 aromatic heterocycles. The summed E-state index contributed by atoms with van der Waals surface area (Å²) in [4.78, 5) is 20.0. The number of alkyl halides is 1. The van der Waals surface area contributed by atoms with Gasteiger partial charge in [0, 0.05) is 6.20 Å². The average Bonchev–Trinajstić information content (AvgIpc) is 3.22. The van der Waals surface area contributed by atoms with E-state index in [1.165, 1.54) is 10.8 Å². The maximum Gasteiger partial charge on any atom is 0.338 e. The molecule has 0 saturated carbocycles. The average molecular weight is 407 g/mol. The van der Waals surface area contributed by atoms with E-state index in [2.05, 4.69) is 9.97 Å². The van der Waals surface area contributed by atoms with Crippen LogP contribution in [0.15, 0.2) is 42.6 Å². The maximum absolute atomic E-state index is 14.7. The number of anilines is 1. The summed E-state index contributed by atoms with van der Waals surface area (Å²) in [6.45, 7) is -0.303. The summed E-state index contributed by atoms with van der Waals surface area (Å²) in [6.07, 6.45) is -3.96. The zero-order valence-corrected chi connectivity index (χ0v) is 15.2. The number of ether oxygens (including phenoxy) is 2. The van der Waals surface area contributed by atoms with Crippen LogP contribution in [0.3, 0.4) is 0 Å². The molecule has 8 nitrogen and oxygen atoms in total. The Morgan fingerprint density at radius 2 is 2.07 bits per heavy atom. The predicted octanol–water partition coefficient (Wildman–Crippen LogP) is 2.12. The number of rotatable bonds is 4. The SMILES string of the molecule is Nc1nc(Cl)nc2c1ccn2[C@@H]1O[C@H](COC(=O)c2ccccc2)[C@@H](O)[C@@H]1F. The molecule has 28 heavy (non-hydrogen) atoms. The summed E-state index contributed by atoms with van der Waals surface area (Å²) in [5.74, 6) is -0.440. The van der Waals surface area contributed by atoms with E-state index < -0.39 is 30.6 Å². The van der Waals surface area contributed by atoms with Gasteiger partial charge in [-0.25, -0.2) is 14.2 Å². The first kappa shape index (κ1) is 18.6. The van der Waals surface area contributed by atoms with Crippen molar-refractivity contribution in [3.05, 3.63) is 53.4 Å². The molecule has 1 aliphatic heterocycles. The first-order valence-corrected chi connectivity index (χ1v) is 8.83. The number of carbonyl (C=O) groups excluding carboxylic acids is 1. The molecule has 1 saturated heterocycles. The van der Waals surface area contributed by atoms with Crippen LogP contribution in [0, 0.1) is 0 Å². The van der Waals surface area contributed by atoms with Crippen LogP contribution in [-0.2, 0) is 9.47 Å². The number of nitrogens with zero attached hydrogens (tertiary/aromatic N) is 3. The first-order valence-electron chi connectivity index (χ1n) is 8.45. The van der Waals surface area contributed by atoms with Gasteiger partial charge in [-0.05, 0) is 29.8 Å². The van der Waals surface area contributed by atoms with Gasteiger partial charge in [0.1, 0.15) is 30.3 Å². The van der Waals surface area contributed by atoms with Crippen LogP contribution < -0.4 is 5.73 Å². The van der Waals surface area contributed by atoms with Crippen molar-refractivity contribution in [2.45, 2.75) is 24.6 Å². The van der Waals surface area contributed by atoms with E-state index in [4.69, 9.17) is 26.8 Å². The lowest BCUT2D eigenvalue weighted by molar-refractivity contribution is -0.0527. The molecule has 3 heterocycles. The predicted molar refractivity (Wildman–Crippen MR) is 98.5 cm³/mol. The number of aromatic nitrogens is 3. The fourth-order valence-electron chi connectivity index (χ4n) is 3.11. The second kappa shape index (κ2) is 7.34. The van der Waals surface area contributed by atoms with Crippen LogP contribution in [0.1, 0.15) is 16.6 Å². The molecule has 0 radical (unpaired) electrons. The van der Waals surface area contributed by atoms with Crippen molar-refractivity contribution in [2.75, 3.05) is 12.3 Å². The number of nitrogens with two attached hydrogens (primary N) is 1. The monoisotopic (exact) mass is 406 g/mol. The topological polar surface area (TPSA) is 112 Å². The third-order valence-electron chi connectivity index (χ3n) is 4.53. The largest absolute Gasteiger partial charge is 0.459 e. The molecule has 0 unspecified atom stereocenters. The Bertz CT molecular complexity index is 1020. The number of carbonyl (C=O) groups is 1. The fraction of sp³-hybridized carbons (Fsp3) is 0.278. The zero-order valence-electron chi connectivity index (χ0n) is 14.4. The van der Waals surface area contributed by atoms with Crippen molar-refractivity contribution >= 4 is 34.4 Å². The lowest BCUT2D eigenvalue weighted by Gasteiger charge is -2.16. The molecule has 1 aliphatic rings. The molecule has 1 aromatic carbocycles. The molecule has 146 valence electrons. The highest BCUT2D eigenvalue weighted by atomic mass is 35.5. The summed E-state index contributed by atoms with van der Waals surface area (Å²) < 4.78 is 26.9. The minimum absolute atomic E-state index is 0.0905. The van der Waals surface area contributed by atoms with Crippen molar-refractivity contribution in [1.82, 2.24) is 14.5 Å². The molecule has 10 heteroatoms. The molecule has 1 fully saturated rings. The number of aliphatic hydroxyl groups excluding tert-OH is 1. The van der Waals surface area contributed by atoms with Crippen molar-refractivity contribution in [2.24, 2.45) is 0 Å². The van der Waals surface area contributed by atoms with E-state index in [-0.39, 0.29) is 23.4 Å². The van der Waals surface area contributed by atoms with Gasteiger partial charge in [-0.3, -0.25) is 0 Å². The molecule has 3 aromatic rings. The zero-order chi connectivity index (χ0) is 19.8. The first-order chi connectivity index (χ1) is 13.5. The summed E-state index contributed by atoms with van der Waals surface area (Å²) in [5, 5.41) is 10.6. The molecule has 4 rings (SSSR count). The number of halogens is 2. The standard InChI is InChI=1S/C18H16ClFN4O4/c19-18-22-14(21)10-6-7-24(15(10)23-18)16-12(20)13(25)11(28-16)8-27-17(26)9-4-2-1-3-5-9/h1-7,11-13,16,25H,8H2,(H2,21,22,23)/t11-,12+,13-,16-/m1/s1. The van der Waals surface area contributed by atoms with Crippen molar-refractivity contribution < 1.29 is 23.8 Å². The van der Waals surface area contributed by atoms with E-state index in [0.717, 1.165) is 0 Å². The molecule has 3 N–H and O–H groups in total. The van der Waals surface area contributed by atoms with E-state index >= 15 is 0 Å². The van der Waals surface area contributed by atoms with Gasteiger partial charge in [0.15, 0.2) is 12.4 Å². The molecule has 0 bridgehead atoms. The number of hydrogen-bond donors (Lipinski definition) is 2. The number of fused-ring (bicyclic) bond motifs is 1. The number of esters is 1. The highest BCUT2D eigenvalue weighted by molar-refractivity contribution is 6.28. The third kappa shape index (κ3) is 3.28. The third-order valence-corrected chi connectivity index (χ3v) is 4.70. The fourth-order valence-corrected chi connectivity index (χ4v) is 3.29. The summed E-state index contributed by atoms with van der Waals surface area (Å²) >= 11 is 5.84. The maximum atomic E-state index is 14.7. The van der Waals surface area contributed by atoms with Crippen LogP contribution in [0.2, 0.25) is 5.28 Å². The summed E-state index contributed by atoms with van der Waals surface area (Å²) in [6, 6.07) is 9.95. The molecule has 0 spiro atoms. The van der Waals surface area contributed by atoms with E-state index in [1.54, 1.807) is 36.4 Å². The minimum atomic E-state index is -1.77. The van der Waals surface area contributed by atoms with Gasteiger partial charge in [0.2, 0.25) is 5.28 Å². The Morgan fingerprint density at radius 1 is 1.32 bits per heavy atom. The summed E-state index contributed by atoms with van der Waals surface area (Å²) in [7, 11) is 0. The van der Waals surface area contributed by atoms with Gasteiger partial charge in [0.05, 0.1) is 10.9 Å².